The number of nitrogens with two attached hydrogens (primary N) is 1. The highest BCUT2D eigenvalue weighted by molar-refractivity contribution is 7.89. The summed E-state index contributed by atoms with van der Waals surface area (Å²) in [4.78, 5) is 2.53. The molecule has 6 heteroatoms. The SMILES string of the molecule is CC1CCN(c2ccccc2S(=O)(=O)N(C)C)C(CN)C1. The molecule has 5 nitrogen and oxygen atoms in total. The van der Waals surface area contributed by atoms with E-state index in [-0.39, 0.29) is 6.04 Å². The second-order valence-corrected chi connectivity index (χ2v) is 8.09. The number of nitrogens with zero attached hydrogens (tertiary/aromatic N) is 2. The molecule has 21 heavy (non-hydrogen) atoms. The molecule has 2 N–H and O–H groups in total. The van der Waals surface area contributed by atoms with Gasteiger partial charge in [0.25, 0.3) is 0 Å². The molecule has 0 spiro atoms. The maximum Gasteiger partial charge on any atom is 0.244 e. The Labute approximate surface area is 127 Å². The van der Waals surface area contributed by atoms with Gasteiger partial charge in [-0.1, -0.05) is 19.1 Å². The van der Waals surface area contributed by atoms with Gasteiger partial charge in [-0.3, -0.25) is 0 Å². The molecule has 1 saturated heterocycles. The van der Waals surface area contributed by atoms with E-state index in [1.165, 1.54) is 4.31 Å². The third kappa shape index (κ3) is 3.22. The molecule has 0 amide bonds. The van der Waals surface area contributed by atoms with Gasteiger partial charge in [-0.25, -0.2) is 12.7 Å². The van der Waals surface area contributed by atoms with Crippen LogP contribution in [0, 0.1) is 5.92 Å². The fraction of sp³-hybridized carbons (Fsp3) is 0.600. The van der Waals surface area contributed by atoms with Crippen molar-refractivity contribution in [2.75, 3.05) is 32.1 Å². The molecule has 0 radical (unpaired) electrons. The molecule has 0 saturated carbocycles. The number of piperidine rings is 1. The second-order valence-electron chi connectivity index (χ2n) is 5.97. The van der Waals surface area contributed by atoms with E-state index in [1.54, 1.807) is 26.2 Å². The summed E-state index contributed by atoms with van der Waals surface area (Å²) in [6.07, 6.45) is 2.07. The van der Waals surface area contributed by atoms with Gasteiger partial charge in [0, 0.05) is 33.2 Å². The zero-order valence-corrected chi connectivity index (χ0v) is 13.8. The first-order valence-corrected chi connectivity index (χ1v) is 8.80. The Morgan fingerprint density at radius 3 is 2.62 bits per heavy atom. The van der Waals surface area contributed by atoms with Gasteiger partial charge in [-0.05, 0) is 30.9 Å². The molecule has 1 aromatic rings. The third-order valence-corrected chi connectivity index (χ3v) is 6.05. The van der Waals surface area contributed by atoms with Crippen molar-refractivity contribution in [2.45, 2.75) is 30.7 Å². The Balaban J connectivity index is 2.45. The summed E-state index contributed by atoms with van der Waals surface area (Å²) in [6, 6.07) is 7.41. The maximum absolute atomic E-state index is 12.5. The van der Waals surface area contributed by atoms with Gasteiger partial charge in [0.1, 0.15) is 4.90 Å². The van der Waals surface area contributed by atoms with Crippen LogP contribution in [-0.4, -0.2) is 45.9 Å². The van der Waals surface area contributed by atoms with Crippen LogP contribution in [-0.2, 0) is 10.0 Å². The predicted molar refractivity (Wildman–Crippen MR) is 85.9 cm³/mol. The van der Waals surface area contributed by atoms with Crippen molar-refractivity contribution in [3.63, 3.8) is 0 Å². The average Bonchev–Trinajstić information content (AvgIpc) is 2.47. The van der Waals surface area contributed by atoms with Gasteiger partial charge >= 0.3 is 0 Å². The number of para-hydroxylation sites is 1. The molecule has 118 valence electrons. The summed E-state index contributed by atoms with van der Waals surface area (Å²) in [5, 5.41) is 0. The van der Waals surface area contributed by atoms with E-state index >= 15 is 0 Å². The third-order valence-electron chi connectivity index (χ3n) is 4.18. The zero-order chi connectivity index (χ0) is 15.6. The normalized spacial score (nSPS) is 23.6. The summed E-state index contributed by atoms with van der Waals surface area (Å²) >= 11 is 0. The minimum Gasteiger partial charge on any atom is -0.366 e. The van der Waals surface area contributed by atoms with Crippen molar-refractivity contribution in [2.24, 2.45) is 11.7 Å². The fourth-order valence-electron chi connectivity index (χ4n) is 2.90. The summed E-state index contributed by atoms with van der Waals surface area (Å²) in [5.74, 6) is 0.632. The van der Waals surface area contributed by atoms with Crippen molar-refractivity contribution >= 4 is 15.7 Å². The summed E-state index contributed by atoms with van der Waals surface area (Å²) in [6.45, 7) is 3.62. The second kappa shape index (κ2) is 6.34. The van der Waals surface area contributed by atoms with Crippen LogP contribution in [0.5, 0.6) is 0 Å². The highest BCUT2D eigenvalue weighted by Crippen LogP contribution is 2.33. The molecule has 1 heterocycles. The Bertz CT molecular complexity index is 586. The summed E-state index contributed by atoms with van der Waals surface area (Å²) < 4.78 is 26.3. The molecular weight excluding hydrogens is 286 g/mol. The Morgan fingerprint density at radius 1 is 1.33 bits per heavy atom. The highest BCUT2D eigenvalue weighted by atomic mass is 32.2. The standard InChI is InChI=1S/C15H25N3O2S/c1-12-8-9-18(13(10-12)11-16)14-6-4-5-7-15(14)21(19,20)17(2)3/h4-7,12-13H,8-11,16H2,1-3H3. The molecule has 0 aliphatic carbocycles. The number of sulfonamides is 1. The summed E-state index contributed by atoms with van der Waals surface area (Å²) in [5.41, 5.74) is 6.68. The number of hydrogen-bond donors (Lipinski definition) is 1. The Kier molecular flexibility index (Phi) is 4.91. The lowest BCUT2D eigenvalue weighted by Crippen LogP contribution is -2.47. The first-order valence-electron chi connectivity index (χ1n) is 7.36. The average molecular weight is 311 g/mol. The lowest BCUT2D eigenvalue weighted by molar-refractivity contribution is 0.365. The van der Waals surface area contributed by atoms with E-state index in [0.29, 0.717) is 17.4 Å². The minimum atomic E-state index is -3.45. The molecule has 1 fully saturated rings. The van der Waals surface area contributed by atoms with E-state index in [2.05, 4.69) is 11.8 Å². The van der Waals surface area contributed by atoms with Crippen LogP contribution in [0.3, 0.4) is 0 Å². The number of anilines is 1. The topological polar surface area (TPSA) is 66.6 Å². The van der Waals surface area contributed by atoms with Crippen molar-refractivity contribution in [1.82, 2.24) is 4.31 Å². The van der Waals surface area contributed by atoms with Crippen molar-refractivity contribution < 1.29 is 8.42 Å². The number of rotatable bonds is 4. The van der Waals surface area contributed by atoms with E-state index in [9.17, 15) is 8.42 Å². The van der Waals surface area contributed by atoms with Crippen LogP contribution in [0.2, 0.25) is 0 Å². The molecule has 0 aromatic heterocycles. The Morgan fingerprint density at radius 2 is 2.00 bits per heavy atom. The van der Waals surface area contributed by atoms with Crippen LogP contribution in [0.1, 0.15) is 19.8 Å². The first kappa shape index (κ1) is 16.3. The van der Waals surface area contributed by atoms with E-state index in [1.807, 2.05) is 12.1 Å². The predicted octanol–water partition coefficient (Wildman–Crippen LogP) is 1.50. The number of hydrogen-bond acceptors (Lipinski definition) is 4. The molecular formula is C15H25N3O2S. The van der Waals surface area contributed by atoms with Gasteiger partial charge in [0.05, 0.1) is 5.69 Å². The van der Waals surface area contributed by atoms with Crippen LogP contribution < -0.4 is 10.6 Å². The van der Waals surface area contributed by atoms with Gasteiger partial charge in [-0.15, -0.1) is 0 Å². The van der Waals surface area contributed by atoms with Crippen LogP contribution in [0.15, 0.2) is 29.2 Å². The quantitative estimate of drug-likeness (QED) is 0.915. The van der Waals surface area contributed by atoms with Crippen LogP contribution in [0.4, 0.5) is 5.69 Å². The highest BCUT2D eigenvalue weighted by Gasteiger charge is 2.30. The van der Waals surface area contributed by atoms with E-state index in [4.69, 9.17) is 5.73 Å². The smallest absolute Gasteiger partial charge is 0.244 e. The van der Waals surface area contributed by atoms with Crippen molar-refractivity contribution in [3.8, 4) is 0 Å². The first-order chi connectivity index (χ1) is 9.87. The molecule has 2 unspecified atom stereocenters. The van der Waals surface area contributed by atoms with Crippen LogP contribution >= 0.6 is 0 Å². The van der Waals surface area contributed by atoms with Crippen molar-refractivity contribution in [3.05, 3.63) is 24.3 Å². The number of benzene rings is 1. The monoisotopic (exact) mass is 311 g/mol. The van der Waals surface area contributed by atoms with Gasteiger partial charge in [-0.2, -0.15) is 0 Å². The Hall–Kier alpha value is -1.11. The molecule has 1 aliphatic rings. The van der Waals surface area contributed by atoms with Crippen molar-refractivity contribution in [1.29, 1.82) is 0 Å². The molecule has 2 atom stereocenters. The molecule has 2 rings (SSSR count). The van der Waals surface area contributed by atoms with Crippen LogP contribution in [0.25, 0.3) is 0 Å². The molecule has 0 bridgehead atoms. The zero-order valence-electron chi connectivity index (χ0n) is 13.0. The summed E-state index contributed by atoms with van der Waals surface area (Å²) in [7, 11) is -0.331. The molecule has 1 aromatic carbocycles. The van der Waals surface area contributed by atoms with Gasteiger partial charge < -0.3 is 10.6 Å². The maximum atomic E-state index is 12.5. The largest absolute Gasteiger partial charge is 0.366 e. The fourth-order valence-corrected chi connectivity index (χ4v) is 3.99. The van der Waals surface area contributed by atoms with E-state index in [0.717, 1.165) is 25.1 Å². The molecule has 1 aliphatic heterocycles. The van der Waals surface area contributed by atoms with Gasteiger partial charge in [0.15, 0.2) is 0 Å². The lowest BCUT2D eigenvalue weighted by Gasteiger charge is -2.40. The lowest BCUT2D eigenvalue weighted by atomic mass is 9.92. The van der Waals surface area contributed by atoms with Gasteiger partial charge in [0.2, 0.25) is 10.0 Å². The van der Waals surface area contributed by atoms with E-state index < -0.39 is 10.0 Å². The minimum absolute atomic E-state index is 0.201.